The maximum Gasteiger partial charge on any atom is 0.137 e. The normalized spacial score (nSPS) is 12.5. The zero-order valence-corrected chi connectivity index (χ0v) is 9.59. The molecule has 0 amide bonds. The summed E-state index contributed by atoms with van der Waals surface area (Å²) in [6, 6.07) is 3.32. The van der Waals surface area contributed by atoms with E-state index in [2.05, 4.69) is 0 Å². The van der Waals surface area contributed by atoms with Crippen LogP contribution in [0.2, 0.25) is 0 Å². The van der Waals surface area contributed by atoms with E-state index in [9.17, 15) is 13.6 Å². The Morgan fingerprint density at radius 2 is 2.06 bits per heavy atom. The number of carbonyl (C=O) groups excluding carboxylic acids is 1. The van der Waals surface area contributed by atoms with Gasteiger partial charge in [-0.3, -0.25) is 4.79 Å². The summed E-state index contributed by atoms with van der Waals surface area (Å²) < 4.78 is 25.9. The third kappa shape index (κ3) is 3.72. The maximum atomic E-state index is 13.2. The molecule has 0 radical (unpaired) electrons. The molecule has 0 aliphatic rings. The van der Waals surface area contributed by atoms with E-state index < -0.39 is 11.6 Å². The molecule has 1 unspecified atom stereocenters. The summed E-state index contributed by atoms with van der Waals surface area (Å²) in [5, 5.41) is 0. The predicted octanol–water partition coefficient (Wildman–Crippen LogP) is 3.51. The number of carbonyl (C=O) groups is 1. The molecule has 1 rings (SSSR count). The molecule has 0 bridgehead atoms. The van der Waals surface area contributed by atoms with Crippen molar-refractivity contribution in [1.82, 2.24) is 0 Å². The summed E-state index contributed by atoms with van der Waals surface area (Å²) in [5.74, 6) is -0.941. The van der Waals surface area contributed by atoms with Gasteiger partial charge in [-0.05, 0) is 17.5 Å². The topological polar surface area (TPSA) is 17.1 Å². The minimum Gasteiger partial charge on any atom is -0.299 e. The van der Waals surface area contributed by atoms with Crippen LogP contribution in [0.1, 0.15) is 32.3 Å². The average Bonchev–Trinajstić information content (AvgIpc) is 2.22. The van der Waals surface area contributed by atoms with Gasteiger partial charge in [0.1, 0.15) is 17.4 Å². The minimum atomic E-state index is -0.641. The van der Waals surface area contributed by atoms with Gasteiger partial charge in [0.15, 0.2) is 0 Å². The molecule has 0 aliphatic carbocycles. The van der Waals surface area contributed by atoms with Crippen molar-refractivity contribution >= 4 is 5.78 Å². The fourth-order valence-corrected chi connectivity index (χ4v) is 1.48. The number of benzene rings is 1. The number of hydrogen-bond acceptors (Lipinski definition) is 1. The minimum absolute atomic E-state index is 0.000131. The Morgan fingerprint density at radius 1 is 1.38 bits per heavy atom. The van der Waals surface area contributed by atoms with Gasteiger partial charge >= 0.3 is 0 Å². The van der Waals surface area contributed by atoms with Crippen LogP contribution in [0.15, 0.2) is 18.2 Å². The van der Waals surface area contributed by atoms with E-state index in [1.54, 1.807) is 0 Å². The number of Topliss-reactive ketones (excluding diaryl/α,β-unsaturated/α-hetero) is 1. The van der Waals surface area contributed by atoms with Crippen molar-refractivity contribution in [1.29, 1.82) is 0 Å². The van der Waals surface area contributed by atoms with Crippen molar-refractivity contribution < 1.29 is 13.6 Å². The number of halogens is 2. The molecule has 0 N–H and O–H groups in total. The van der Waals surface area contributed by atoms with Crippen LogP contribution in [0, 0.1) is 17.6 Å². The van der Waals surface area contributed by atoms with Crippen LogP contribution in [-0.2, 0) is 11.2 Å². The van der Waals surface area contributed by atoms with Gasteiger partial charge in [0.25, 0.3) is 0 Å². The number of ketones is 1. The van der Waals surface area contributed by atoms with Crippen LogP contribution in [0.4, 0.5) is 8.78 Å². The van der Waals surface area contributed by atoms with Gasteiger partial charge in [-0.25, -0.2) is 8.78 Å². The molecule has 0 saturated heterocycles. The quantitative estimate of drug-likeness (QED) is 0.750. The van der Waals surface area contributed by atoms with Gasteiger partial charge in [0.05, 0.1) is 0 Å². The summed E-state index contributed by atoms with van der Waals surface area (Å²) in [5.41, 5.74) is 0.273. The maximum absolute atomic E-state index is 13.2. The Labute approximate surface area is 94.5 Å². The van der Waals surface area contributed by atoms with E-state index in [4.69, 9.17) is 0 Å². The van der Waals surface area contributed by atoms with Gasteiger partial charge in [-0.2, -0.15) is 0 Å². The number of rotatable bonds is 5. The highest BCUT2D eigenvalue weighted by Crippen LogP contribution is 2.14. The van der Waals surface area contributed by atoms with Crippen LogP contribution in [0.3, 0.4) is 0 Å². The third-order valence-corrected chi connectivity index (χ3v) is 2.68. The summed E-state index contributed by atoms with van der Waals surface area (Å²) in [6.45, 7) is 4.00. The van der Waals surface area contributed by atoms with E-state index >= 15 is 0 Å². The van der Waals surface area contributed by atoms with Gasteiger partial charge in [-0.1, -0.05) is 26.3 Å². The van der Waals surface area contributed by atoms with Gasteiger partial charge in [0, 0.05) is 18.9 Å². The monoisotopic (exact) mass is 226 g/mol. The highest BCUT2D eigenvalue weighted by Gasteiger charge is 2.11. The lowest BCUT2D eigenvalue weighted by atomic mass is 9.98. The second-order valence-corrected chi connectivity index (χ2v) is 4.17. The molecular formula is C13H16F2O. The van der Waals surface area contributed by atoms with Crippen molar-refractivity contribution in [2.45, 2.75) is 33.1 Å². The van der Waals surface area contributed by atoms with Crippen LogP contribution in [-0.4, -0.2) is 5.78 Å². The molecular weight excluding hydrogens is 210 g/mol. The molecule has 0 fully saturated rings. The molecule has 1 aromatic rings. The van der Waals surface area contributed by atoms with Crippen molar-refractivity contribution in [3.8, 4) is 0 Å². The zero-order valence-electron chi connectivity index (χ0n) is 9.59. The molecule has 0 aromatic heterocycles. The molecule has 1 aromatic carbocycles. The molecule has 1 atom stereocenters. The molecule has 88 valence electrons. The molecule has 0 heterocycles. The van der Waals surface area contributed by atoms with Crippen molar-refractivity contribution in [2.75, 3.05) is 0 Å². The van der Waals surface area contributed by atoms with Crippen LogP contribution in [0.25, 0.3) is 0 Å². The van der Waals surface area contributed by atoms with Crippen LogP contribution in [0.5, 0.6) is 0 Å². The van der Waals surface area contributed by atoms with Crippen molar-refractivity contribution in [3.63, 3.8) is 0 Å². The van der Waals surface area contributed by atoms with Crippen LogP contribution < -0.4 is 0 Å². The summed E-state index contributed by atoms with van der Waals surface area (Å²) in [4.78, 5) is 11.6. The standard InChI is InChI=1S/C13H16F2O/c1-3-9(2)6-12(16)7-10-4-5-11(14)8-13(10)15/h4-5,8-9H,3,6-7H2,1-2H3. The predicted molar refractivity (Wildman–Crippen MR) is 59.1 cm³/mol. The van der Waals surface area contributed by atoms with E-state index in [0.717, 1.165) is 12.5 Å². The van der Waals surface area contributed by atoms with E-state index in [-0.39, 0.29) is 17.8 Å². The van der Waals surface area contributed by atoms with Gasteiger partial charge < -0.3 is 0 Å². The van der Waals surface area contributed by atoms with Crippen LogP contribution >= 0.6 is 0 Å². The fraction of sp³-hybridized carbons (Fsp3) is 0.462. The largest absolute Gasteiger partial charge is 0.299 e. The Bertz CT molecular complexity index is 374. The number of hydrogen-bond donors (Lipinski definition) is 0. The van der Waals surface area contributed by atoms with Crippen molar-refractivity contribution in [2.24, 2.45) is 5.92 Å². The molecule has 16 heavy (non-hydrogen) atoms. The first-order chi connectivity index (χ1) is 7.52. The van der Waals surface area contributed by atoms with Gasteiger partial charge in [-0.15, -0.1) is 0 Å². The van der Waals surface area contributed by atoms with Gasteiger partial charge in [0.2, 0.25) is 0 Å². The summed E-state index contributed by atoms with van der Waals surface area (Å²) in [6.07, 6.45) is 1.43. The third-order valence-electron chi connectivity index (χ3n) is 2.68. The Balaban J connectivity index is 2.63. The molecule has 3 heteroatoms. The second kappa shape index (κ2) is 5.73. The van der Waals surface area contributed by atoms with Crippen molar-refractivity contribution in [3.05, 3.63) is 35.4 Å². The van der Waals surface area contributed by atoms with E-state index in [1.807, 2.05) is 13.8 Å². The Morgan fingerprint density at radius 3 is 2.62 bits per heavy atom. The summed E-state index contributed by atoms with van der Waals surface area (Å²) in [7, 11) is 0. The fourth-order valence-electron chi connectivity index (χ4n) is 1.48. The first-order valence-corrected chi connectivity index (χ1v) is 5.48. The first kappa shape index (κ1) is 12.8. The van der Waals surface area contributed by atoms with E-state index in [1.165, 1.54) is 12.1 Å². The lowest BCUT2D eigenvalue weighted by Gasteiger charge is -2.07. The molecule has 0 spiro atoms. The first-order valence-electron chi connectivity index (χ1n) is 5.48. The molecule has 1 nitrogen and oxygen atoms in total. The summed E-state index contributed by atoms with van der Waals surface area (Å²) >= 11 is 0. The highest BCUT2D eigenvalue weighted by molar-refractivity contribution is 5.81. The highest BCUT2D eigenvalue weighted by atomic mass is 19.1. The molecule has 0 saturated carbocycles. The lowest BCUT2D eigenvalue weighted by molar-refractivity contribution is -0.119. The Hall–Kier alpha value is -1.25. The average molecular weight is 226 g/mol. The molecule has 0 aliphatic heterocycles. The lowest BCUT2D eigenvalue weighted by Crippen LogP contribution is -2.09. The zero-order chi connectivity index (χ0) is 12.1. The smallest absolute Gasteiger partial charge is 0.137 e. The SMILES string of the molecule is CCC(C)CC(=O)Cc1ccc(F)cc1F. The second-order valence-electron chi connectivity index (χ2n) is 4.17. The van der Waals surface area contributed by atoms with E-state index in [0.29, 0.717) is 12.3 Å². The Kier molecular flexibility index (Phi) is 4.59.